The summed E-state index contributed by atoms with van der Waals surface area (Å²) in [6.07, 6.45) is 5.23. The summed E-state index contributed by atoms with van der Waals surface area (Å²) in [6.45, 7) is 11.2. The van der Waals surface area contributed by atoms with Gasteiger partial charge in [0.2, 0.25) is 0 Å². The Morgan fingerprint density at radius 2 is 2.25 bits per heavy atom. The highest BCUT2D eigenvalue weighted by molar-refractivity contribution is 5.14. The monoisotopic (exact) mass is 220 g/mol. The molecule has 1 aliphatic carbocycles. The van der Waals surface area contributed by atoms with Gasteiger partial charge < -0.3 is 0 Å². The summed E-state index contributed by atoms with van der Waals surface area (Å²) in [5.41, 5.74) is -0.333. The Morgan fingerprint density at radius 1 is 1.56 bits per heavy atom. The van der Waals surface area contributed by atoms with Gasteiger partial charge in [0.05, 0.1) is 6.07 Å². The van der Waals surface area contributed by atoms with Crippen LogP contribution in [0, 0.1) is 29.1 Å². The molecule has 0 aliphatic heterocycles. The first-order valence-corrected chi connectivity index (χ1v) is 6.33. The fraction of sp³-hybridized carbons (Fsp3) is 0.786. The normalized spacial score (nSPS) is 34.7. The highest BCUT2D eigenvalue weighted by Gasteiger charge is 2.44. The molecule has 90 valence electrons. The second kappa shape index (κ2) is 5.50. The number of nitrogens with zero attached hydrogens (tertiary/aromatic N) is 1. The molecule has 2 heteroatoms. The number of hydrogen-bond donors (Lipinski definition) is 1. The quantitative estimate of drug-likeness (QED) is 0.739. The molecule has 1 fully saturated rings. The van der Waals surface area contributed by atoms with Crippen molar-refractivity contribution >= 4 is 0 Å². The van der Waals surface area contributed by atoms with Gasteiger partial charge in [0.1, 0.15) is 5.54 Å². The van der Waals surface area contributed by atoms with Crippen molar-refractivity contribution in [2.24, 2.45) is 17.8 Å². The molecule has 0 amide bonds. The number of nitrogens with one attached hydrogen (secondary N) is 1. The average molecular weight is 220 g/mol. The third-order valence-electron chi connectivity index (χ3n) is 3.84. The van der Waals surface area contributed by atoms with E-state index in [4.69, 9.17) is 0 Å². The average Bonchev–Trinajstić information content (AvgIpc) is 2.25. The van der Waals surface area contributed by atoms with E-state index in [-0.39, 0.29) is 5.54 Å². The van der Waals surface area contributed by atoms with Crippen molar-refractivity contribution in [3.05, 3.63) is 12.7 Å². The van der Waals surface area contributed by atoms with Crippen molar-refractivity contribution in [3.8, 4) is 6.07 Å². The molecular formula is C14H24N2. The number of hydrogen-bond acceptors (Lipinski definition) is 2. The van der Waals surface area contributed by atoms with Gasteiger partial charge in [-0.3, -0.25) is 5.32 Å². The molecule has 1 saturated carbocycles. The summed E-state index contributed by atoms with van der Waals surface area (Å²) in [4.78, 5) is 0. The summed E-state index contributed by atoms with van der Waals surface area (Å²) in [7, 11) is 0. The van der Waals surface area contributed by atoms with Crippen LogP contribution in [-0.2, 0) is 0 Å². The minimum absolute atomic E-state index is 0.333. The predicted molar refractivity (Wildman–Crippen MR) is 67.9 cm³/mol. The first-order valence-electron chi connectivity index (χ1n) is 6.33. The van der Waals surface area contributed by atoms with E-state index in [0.717, 1.165) is 19.4 Å². The highest BCUT2D eigenvalue weighted by atomic mass is 15.0. The predicted octanol–water partition coefficient (Wildman–Crippen LogP) is 3.12. The van der Waals surface area contributed by atoms with Crippen molar-refractivity contribution in [2.75, 3.05) is 6.54 Å². The molecule has 0 radical (unpaired) electrons. The molecule has 1 rings (SSSR count). The van der Waals surface area contributed by atoms with Crippen LogP contribution in [0.4, 0.5) is 0 Å². The Balaban J connectivity index is 2.88. The summed E-state index contributed by atoms with van der Waals surface area (Å²) >= 11 is 0. The molecular weight excluding hydrogens is 196 g/mol. The third kappa shape index (κ3) is 2.65. The minimum Gasteiger partial charge on any atom is -0.296 e. The first kappa shape index (κ1) is 13.3. The van der Waals surface area contributed by atoms with Crippen LogP contribution >= 0.6 is 0 Å². The zero-order chi connectivity index (χ0) is 12.2. The zero-order valence-corrected chi connectivity index (χ0v) is 10.8. The van der Waals surface area contributed by atoms with Crippen molar-refractivity contribution in [1.82, 2.24) is 5.32 Å². The standard InChI is InChI=1S/C14H24N2/c1-5-8-16-14(10-15)9-12(4)6-7-13(14)11(2)3/h5,11-13,16H,1,6-9H2,2-4H3. The van der Waals surface area contributed by atoms with Gasteiger partial charge in [-0.15, -0.1) is 6.58 Å². The van der Waals surface area contributed by atoms with Gasteiger partial charge in [-0.2, -0.15) is 5.26 Å². The van der Waals surface area contributed by atoms with Crippen LogP contribution < -0.4 is 5.32 Å². The zero-order valence-electron chi connectivity index (χ0n) is 10.8. The fourth-order valence-corrected chi connectivity index (χ4v) is 3.04. The topological polar surface area (TPSA) is 35.8 Å². The van der Waals surface area contributed by atoms with E-state index in [9.17, 15) is 5.26 Å². The highest BCUT2D eigenvalue weighted by Crippen LogP contribution is 2.40. The van der Waals surface area contributed by atoms with Crippen molar-refractivity contribution in [2.45, 2.75) is 45.6 Å². The Bertz CT molecular complexity index is 277. The fourth-order valence-electron chi connectivity index (χ4n) is 3.04. The summed E-state index contributed by atoms with van der Waals surface area (Å²) < 4.78 is 0. The molecule has 3 atom stereocenters. The van der Waals surface area contributed by atoms with E-state index in [1.54, 1.807) is 0 Å². The van der Waals surface area contributed by atoms with Gasteiger partial charge in [-0.25, -0.2) is 0 Å². The minimum atomic E-state index is -0.333. The van der Waals surface area contributed by atoms with Crippen LogP contribution in [-0.4, -0.2) is 12.1 Å². The van der Waals surface area contributed by atoms with Gasteiger partial charge in [-0.1, -0.05) is 33.3 Å². The van der Waals surface area contributed by atoms with Gasteiger partial charge in [0.15, 0.2) is 0 Å². The second-order valence-electron chi connectivity index (χ2n) is 5.49. The maximum absolute atomic E-state index is 9.56. The maximum Gasteiger partial charge on any atom is 0.110 e. The van der Waals surface area contributed by atoms with E-state index in [1.165, 1.54) is 6.42 Å². The largest absolute Gasteiger partial charge is 0.296 e. The van der Waals surface area contributed by atoms with E-state index in [1.807, 2.05) is 6.08 Å². The molecule has 0 saturated heterocycles. The van der Waals surface area contributed by atoms with E-state index >= 15 is 0 Å². The van der Waals surface area contributed by atoms with Crippen molar-refractivity contribution in [1.29, 1.82) is 5.26 Å². The van der Waals surface area contributed by atoms with Crippen LogP contribution in [0.1, 0.15) is 40.0 Å². The van der Waals surface area contributed by atoms with Crippen LogP contribution in [0.15, 0.2) is 12.7 Å². The van der Waals surface area contributed by atoms with Crippen molar-refractivity contribution in [3.63, 3.8) is 0 Å². The molecule has 0 heterocycles. The smallest absolute Gasteiger partial charge is 0.110 e. The summed E-state index contributed by atoms with van der Waals surface area (Å²) in [5.74, 6) is 1.67. The molecule has 0 aromatic carbocycles. The lowest BCUT2D eigenvalue weighted by Crippen LogP contribution is -2.55. The molecule has 1 N–H and O–H groups in total. The summed E-state index contributed by atoms with van der Waals surface area (Å²) in [5, 5.41) is 13.0. The molecule has 16 heavy (non-hydrogen) atoms. The van der Waals surface area contributed by atoms with Gasteiger partial charge >= 0.3 is 0 Å². The van der Waals surface area contributed by atoms with Crippen LogP contribution in [0.2, 0.25) is 0 Å². The summed E-state index contributed by atoms with van der Waals surface area (Å²) in [6, 6.07) is 2.56. The molecule has 2 nitrogen and oxygen atoms in total. The van der Waals surface area contributed by atoms with E-state index in [2.05, 4.69) is 38.7 Å². The Hall–Kier alpha value is -0.810. The van der Waals surface area contributed by atoms with Crippen LogP contribution in [0.3, 0.4) is 0 Å². The van der Waals surface area contributed by atoms with Crippen LogP contribution in [0.25, 0.3) is 0 Å². The molecule has 1 aliphatic rings. The Morgan fingerprint density at radius 3 is 2.75 bits per heavy atom. The molecule has 3 unspecified atom stereocenters. The van der Waals surface area contributed by atoms with E-state index in [0.29, 0.717) is 17.8 Å². The van der Waals surface area contributed by atoms with E-state index < -0.39 is 0 Å². The molecule has 0 aromatic rings. The Labute approximate surface area is 99.7 Å². The number of nitriles is 1. The first-order chi connectivity index (χ1) is 7.55. The van der Waals surface area contributed by atoms with Crippen molar-refractivity contribution < 1.29 is 0 Å². The third-order valence-corrected chi connectivity index (χ3v) is 3.84. The molecule has 0 aromatic heterocycles. The lowest BCUT2D eigenvalue weighted by molar-refractivity contribution is 0.122. The molecule has 0 spiro atoms. The number of rotatable bonds is 4. The maximum atomic E-state index is 9.56. The second-order valence-corrected chi connectivity index (χ2v) is 5.49. The lowest BCUT2D eigenvalue weighted by atomic mass is 9.65. The van der Waals surface area contributed by atoms with Gasteiger partial charge in [0, 0.05) is 6.54 Å². The SMILES string of the molecule is C=CCNC1(C#N)CC(C)CCC1C(C)C. The van der Waals surface area contributed by atoms with Crippen LogP contribution in [0.5, 0.6) is 0 Å². The lowest BCUT2D eigenvalue weighted by Gasteiger charge is -2.44. The molecule has 0 bridgehead atoms. The van der Waals surface area contributed by atoms with Gasteiger partial charge in [0.25, 0.3) is 0 Å². The van der Waals surface area contributed by atoms with Gasteiger partial charge in [-0.05, 0) is 30.6 Å². The Kier molecular flexibility index (Phi) is 4.56.